The zero-order valence-electron chi connectivity index (χ0n) is 17.4. The number of hydrogen-bond donors (Lipinski definition) is 3. The predicted molar refractivity (Wildman–Crippen MR) is 121 cm³/mol. The highest BCUT2D eigenvalue weighted by atomic mass is 32.1. The van der Waals surface area contributed by atoms with Crippen LogP contribution in [0.4, 0.5) is 0 Å². The van der Waals surface area contributed by atoms with Crippen molar-refractivity contribution in [1.29, 1.82) is 0 Å². The van der Waals surface area contributed by atoms with E-state index in [2.05, 4.69) is 47.0 Å². The van der Waals surface area contributed by atoms with Gasteiger partial charge in [0.15, 0.2) is 16.6 Å². The van der Waals surface area contributed by atoms with Gasteiger partial charge in [0.25, 0.3) is 0 Å². The molecule has 3 rings (SSSR count). The summed E-state index contributed by atoms with van der Waals surface area (Å²) < 4.78 is 10.7. The average molecular weight is 415 g/mol. The van der Waals surface area contributed by atoms with E-state index in [9.17, 15) is 0 Å². The molecule has 3 N–H and O–H groups in total. The van der Waals surface area contributed by atoms with Crippen LogP contribution in [0.2, 0.25) is 0 Å². The number of hydrogen-bond acceptors (Lipinski definition) is 3. The van der Waals surface area contributed by atoms with Gasteiger partial charge in [-0.3, -0.25) is 0 Å². The molecule has 156 valence electrons. The summed E-state index contributed by atoms with van der Waals surface area (Å²) in [6, 6.07) is 17.2. The van der Waals surface area contributed by atoms with E-state index in [1.54, 1.807) is 19.1 Å². The topological polar surface area (TPSA) is 47.0 Å². The van der Waals surface area contributed by atoms with Gasteiger partial charge in [-0.2, -0.15) is 0 Å². The maximum absolute atomic E-state index is 5.50. The molecule has 1 aliphatic rings. The molecule has 2 aromatic rings. The molecule has 0 bridgehead atoms. The molecular weight excluding hydrogens is 382 g/mol. The minimum atomic E-state index is 0.468. The third kappa shape index (κ3) is 6.61. The Morgan fingerprint density at radius 2 is 1.72 bits per heavy atom. The Morgan fingerprint density at radius 1 is 1.00 bits per heavy atom. The second-order valence-corrected chi connectivity index (χ2v) is 7.93. The van der Waals surface area contributed by atoms with Crippen LogP contribution in [-0.4, -0.2) is 45.0 Å². The second-order valence-electron chi connectivity index (χ2n) is 7.53. The first kappa shape index (κ1) is 21.4. The molecule has 6 heteroatoms. The summed E-state index contributed by atoms with van der Waals surface area (Å²) in [5.74, 6) is 1.51. The molecule has 1 saturated heterocycles. The van der Waals surface area contributed by atoms with Crippen molar-refractivity contribution in [2.75, 3.05) is 33.9 Å². The number of nitrogens with one attached hydrogen (secondary N) is 3. The minimum absolute atomic E-state index is 0.468. The van der Waals surface area contributed by atoms with Crippen LogP contribution in [0.25, 0.3) is 0 Å². The zero-order valence-corrected chi connectivity index (χ0v) is 18.2. The van der Waals surface area contributed by atoms with Crippen molar-refractivity contribution in [3.05, 3.63) is 59.7 Å². The van der Waals surface area contributed by atoms with Crippen LogP contribution in [0.3, 0.4) is 0 Å². The SMILES string of the molecule is COc1ccc(CCNC(=S)NC2CC[NH+](Cc3ccccc3)CC2)cc1OC. The quantitative estimate of drug-likeness (QED) is 0.577. The smallest absolute Gasteiger partial charge is 0.166 e. The Hall–Kier alpha value is -2.31. The largest absolute Gasteiger partial charge is 0.493 e. The van der Waals surface area contributed by atoms with Crippen LogP contribution in [0.15, 0.2) is 48.5 Å². The van der Waals surface area contributed by atoms with Gasteiger partial charge in [-0.15, -0.1) is 0 Å². The number of quaternary nitrogens is 1. The Bertz CT molecular complexity index is 777. The van der Waals surface area contributed by atoms with E-state index in [-0.39, 0.29) is 0 Å². The maximum atomic E-state index is 5.50. The summed E-state index contributed by atoms with van der Waals surface area (Å²) in [6.07, 6.45) is 3.18. The van der Waals surface area contributed by atoms with Gasteiger partial charge >= 0.3 is 0 Å². The van der Waals surface area contributed by atoms with Crippen LogP contribution < -0.4 is 25.0 Å². The molecule has 0 saturated carbocycles. The number of thiocarbonyl (C=S) groups is 1. The molecule has 2 aromatic carbocycles. The van der Waals surface area contributed by atoms with E-state index >= 15 is 0 Å². The fraction of sp³-hybridized carbons (Fsp3) is 0.435. The molecule has 1 heterocycles. The first-order chi connectivity index (χ1) is 14.2. The zero-order chi connectivity index (χ0) is 20.5. The average Bonchev–Trinajstić information content (AvgIpc) is 2.75. The van der Waals surface area contributed by atoms with Crippen molar-refractivity contribution in [2.24, 2.45) is 0 Å². The summed E-state index contributed by atoms with van der Waals surface area (Å²) >= 11 is 5.50. The van der Waals surface area contributed by atoms with Crippen molar-refractivity contribution >= 4 is 17.3 Å². The second kappa shape index (κ2) is 11.0. The first-order valence-corrected chi connectivity index (χ1v) is 10.7. The number of methoxy groups -OCH3 is 2. The number of piperidine rings is 1. The van der Waals surface area contributed by atoms with E-state index in [0.29, 0.717) is 6.04 Å². The van der Waals surface area contributed by atoms with Crippen LogP contribution in [0, 0.1) is 0 Å². The van der Waals surface area contributed by atoms with Crippen molar-refractivity contribution < 1.29 is 14.4 Å². The molecule has 0 aromatic heterocycles. The normalized spacial score (nSPS) is 18.7. The summed E-state index contributed by atoms with van der Waals surface area (Å²) in [4.78, 5) is 1.65. The molecule has 0 amide bonds. The highest BCUT2D eigenvalue weighted by Crippen LogP contribution is 2.27. The number of benzene rings is 2. The third-order valence-electron chi connectivity index (χ3n) is 5.47. The molecule has 0 radical (unpaired) electrons. The number of rotatable bonds is 8. The van der Waals surface area contributed by atoms with Gasteiger partial charge in [-0.25, -0.2) is 0 Å². The monoisotopic (exact) mass is 414 g/mol. The number of likely N-dealkylation sites (tertiary alicyclic amines) is 1. The summed E-state index contributed by atoms with van der Waals surface area (Å²) in [5.41, 5.74) is 2.61. The van der Waals surface area contributed by atoms with Gasteiger partial charge in [0.2, 0.25) is 0 Å². The third-order valence-corrected chi connectivity index (χ3v) is 5.73. The van der Waals surface area contributed by atoms with Crippen molar-refractivity contribution in [1.82, 2.24) is 10.6 Å². The Morgan fingerprint density at radius 3 is 2.41 bits per heavy atom. The fourth-order valence-corrected chi connectivity index (χ4v) is 4.09. The van der Waals surface area contributed by atoms with E-state index < -0.39 is 0 Å². The van der Waals surface area contributed by atoms with Crippen LogP contribution in [0.1, 0.15) is 24.0 Å². The Balaban J connectivity index is 1.35. The van der Waals surface area contributed by atoms with Crippen LogP contribution in [0.5, 0.6) is 11.5 Å². The van der Waals surface area contributed by atoms with Crippen molar-refractivity contribution in [2.45, 2.75) is 31.8 Å². The Kier molecular flexibility index (Phi) is 8.14. The maximum Gasteiger partial charge on any atom is 0.166 e. The lowest BCUT2D eigenvalue weighted by Gasteiger charge is -2.30. The Labute approximate surface area is 179 Å². The van der Waals surface area contributed by atoms with Gasteiger partial charge < -0.3 is 25.0 Å². The summed E-state index contributed by atoms with van der Waals surface area (Å²) in [5, 5.41) is 7.58. The van der Waals surface area contributed by atoms with Crippen LogP contribution >= 0.6 is 12.2 Å². The van der Waals surface area contributed by atoms with Gasteiger partial charge in [0, 0.05) is 31.0 Å². The molecule has 5 nitrogen and oxygen atoms in total. The summed E-state index contributed by atoms with van der Waals surface area (Å²) in [7, 11) is 3.31. The molecule has 0 atom stereocenters. The first-order valence-electron chi connectivity index (χ1n) is 10.3. The summed E-state index contributed by atoms with van der Waals surface area (Å²) in [6.45, 7) is 4.27. The highest BCUT2D eigenvalue weighted by Gasteiger charge is 2.22. The standard InChI is InChI=1S/C23H31N3O2S/c1-27-21-9-8-18(16-22(21)28-2)10-13-24-23(29)25-20-11-14-26(15-12-20)17-19-6-4-3-5-7-19/h3-9,16,20H,10-15,17H2,1-2H3,(H2,24,25,29)/p+1. The van der Waals surface area contributed by atoms with E-state index in [1.807, 2.05) is 12.1 Å². The molecule has 1 fully saturated rings. The minimum Gasteiger partial charge on any atom is -0.493 e. The van der Waals surface area contributed by atoms with E-state index in [4.69, 9.17) is 21.7 Å². The molecular formula is C23H32N3O2S+. The lowest BCUT2D eigenvalue weighted by molar-refractivity contribution is -0.918. The predicted octanol–water partition coefficient (Wildman–Crippen LogP) is 1.96. The van der Waals surface area contributed by atoms with Gasteiger partial charge in [-0.05, 0) is 36.3 Å². The molecule has 0 spiro atoms. The van der Waals surface area contributed by atoms with Gasteiger partial charge in [-0.1, -0.05) is 36.4 Å². The highest BCUT2D eigenvalue weighted by molar-refractivity contribution is 7.80. The number of ether oxygens (including phenoxy) is 2. The lowest BCUT2D eigenvalue weighted by Crippen LogP contribution is -3.12. The van der Waals surface area contributed by atoms with Crippen molar-refractivity contribution in [3.63, 3.8) is 0 Å². The molecule has 29 heavy (non-hydrogen) atoms. The molecule has 1 aliphatic heterocycles. The molecule has 0 unspecified atom stereocenters. The van der Waals surface area contributed by atoms with Crippen molar-refractivity contribution in [3.8, 4) is 11.5 Å². The van der Waals surface area contributed by atoms with Gasteiger partial charge in [0.05, 0.1) is 27.3 Å². The molecule has 0 aliphatic carbocycles. The van der Waals surface area contributed by atoms with Crippen LogP contribution in [-0.2, 0) is 13.0 Å². The van der Waals surface area contributed by atoms with Gasteiger partial charge in [0.1, 0.15) is 6.54 Å². The van der Waals surface area contributed by atoms with E-state index in [1.165, 1.54) is 24.2 Å². The lowest BCUT2D eigenvalue weighted by atomic mass is 10.0. The fourth-order valence-electron chi connectivity index (χ4n) is 3.82. The van der Waals surface area contributed by atoms with E-state index in [0.717, 1.165) is 49.0 Å².